The van der Waals surface area contributed by atoms with Crippen molar-refractivity contribution in [2.75, 3.05) is 14.2 Å². The highest BCUT2D eigenvalue weighted by atomic mass is 16.7. The van der Waals surface area contributed by atoms with Crippen LogP contribution in [-0.2, 0) is 19.1 Å². The first-order chi connectivity index (χ1) is 10.7. The molecule has 0 bridgehead atoms. The maximum absolute atomic E-state index is 10.4. The molecule has 6 heteroatoms. The summed E-state index contributed by atoms with van der Waals surface area (Å²) in [5.41, 5.74) is 2.66. The number of rotatable bonds is 5. The molecule has 0 saturated carbocycles. The number of nitrogens with zero attached hydrogens (tertiary/aromatic N) is 2. The van der Waals surface area contributed by atoms with E-state index in [1.165, 1.54) is 26.4 Å². The fourth-order valence-electron chi connectivity index (χ4n) is 2.37. The van der Waals surface area contributed by atoms with Gasteiger partial charge in [-0.15, -0.1) is 0 Å². The number of hydrogen-bond acceptors (Lipinski definition) is 6. The number of methoxy groups -OCH3 is 2. The van der Waals surface area contributed by atoms with Gasteiger partial charge < -0.3 is 9.47 Å². The molecule has 0 heterocycles. The van der Waals surface area contributed by atoms with Crippen LogP contribution in [-0.4, -0.2) is 32.2 Å². The second kappa shape index (κ2) is 6.89. The molecular formula is C16H14N2O4. The highest BCUT2D eigenvalue weighted by Gasteiger charge is 2.38. The highest BCUT2D eigenvalue weighted by molar-refractivity contribution is 5.75. The molecule has 112 valence electrons. The number of carbonyl (C=O) groups excluding carboxylic acids is 2. The minimum Gasteiger partial charge on any atom is -0.349 e. The van der Waals surface area contributed by atoms with Crippen LogP contribution in [0.25, 0.3) is 5.57 Å². The van der Waals surface area contributed by atoms with Crippen LogP contribution in [0.5, 0.6) is 0 Å². The van der Waals surface area contributed by atoms with E-state index in [-0.39, 0.29) is 6.42 Å². The Balaban J connectivity index is 2.48. The van der Waals surface area contributed by atoms with Gasteiger partial charge in [0.15, 0.2) is 0 Å². The molecule has 0 aliphatic heterocycles. The van der Waals surface area contributed by atoms with Gasteiger partial charge in [-0.05, 0) is 23.8 Å². The summed E-state index contributed by atoms with van der Waals surface area (Å²) in [4.78, 5) is 27.9. The van der Waals surface area contributed by atoms with Gasteiger partial charge in [-0.2, -0.15) is 9.98 Å². The number of hydrogen-bond donors (Lipinski definition) is 0. The Morgan fingerprint density at radius 3 is 2.18 bits per heavy atom. The molecule has 0 N–H and O–H groups in total. The minimum atomic E-state index is -1.04. The average Bonchev–Trinajstić information content (AvgIpc) is 2.56. The van der Waals surface area contributed by atoms with Gasteiger partial charge in [-0.1, -0.05) is 18.2 Å². The molecule has 22 heavy (non-hydrogen) atoms. The fraction of sp³-hybridized carbons (Fsp3) is 0.250. The van der Waals surface area contributed by atoms with Crippen LogP contribution in [0.2, 0.25) is 0 Å². The van der Waals surface area contributed by atoms with E-state index in [9.17, 15) is 9.59 Å². The zero-order valence-electron chi connectivity index (χ0n) is 12.2. The molecule has 0 aromatic heterocycles. The second-order valence-electron chi connectivity index (χ2n) is 4.53. The largest absolute Gasteiger partial charge is 0.349 e. The van der Waals surface area contributed by atoms with Crippen molar-refractivity contribution in [1.29, 1.82) is 0 Å². The lowest BCUT2D eigenvalue weighted by Gasteiger charge is -2.35. The van der Waals surface area contributed by atoms with Crippen LogP contribution < -0.4 is 0 Å². The molecule has 0 fully saturated rings. The van der Waals surface area contributed by atoms with Crippen molar-refractivity contribution in [1.82, 2.24) is 0 Å². The number of ether oxygens (including phenoxy) is 2. The van der Waals surface area contributed by atoms with E-state index in [4.69, 9.17) is 9.47 Å². The molecule has 0 saturated heterocycles. The zero-order valence-corrected chi connectivity index (χ0v) is 12.2. The van der Waals surface area contributed by atoms with E-state index in [0.717, 1.165) is 11.1 Å². The van der Waals surface area contributed by atoms with E-state index in [1.807, 2.05) is 0 Å². The molecule has 0 spiro atoms. The lowest BCUT2D eigenvalue weighted by Crippen LogP contribution is -2.37. The molecule has 1 aliphatic carbocycles. The summed E-state index contributed by atoms with van der Waals surface area (Å²) in [5, 5.41) is 0. The molecular weight excluding hydrogens is 284 g/mol. The molecule has 1 aromatic rings. The molecule has 1 aromatic carbocycles. The Kier molecular flexibility index (Phi) is 4.94. The third-order valence-corrected chi connectivity index (χ3v) is 3.47. The molecule has 2 rings (SSSR count). The molecule has 0 amide bonds. The smallest absolute Gasteiger partial charge is 0.240 e. The van der Waals surface area contributed by atoms with Crippen LogP contribution in [0.15, 0.2) is 52.1 Å². The van der Waals surface area contributed by atoms with Gasteiger partial charge >= 0.3 is 0 Å². The van der Waals surface area contributed by atoms with Crippen LogP contribution >= 0.6 is 0 Å². The first-order valence-electron chi connectivity index (χ1n) is 6.47. The van der Waals surface area contributed by atoms with E-state index in [1.54, 1.807) is 36.4 Å². The van der Waals surface area contributed by atoms with Crippen molar-refractivity contribution in [3.05, 3.63) is 47.7 Å². The summed E-state index contributed by atoms with van der Waals surface area (Å²) in [6.07, 6.45) is 6.80. The summed E-state index contributed by atoms with van der Waals surface area (Å²) in [6.45, 7) is 0. The maximum Gasteiger partial charge on any atom is 0.240 e. The highest BCUT2D eigenvalue weighted by Crippen LogP contribution is 2.39. The van der Waals surface area contributed by atoms with Gasteiger partial charge in [0.05, 0.1) is 11.4 Å². The third kappa shape index (κ3) is 3.01. The number of isocyanates is 2. The Hall–Kier alpha value is -2.62. The summed E-state index contributed by atoms with van der Waals surface area (Å²) in [5.74, 6) is -1.04. The Labute approximate surface area is 127 Å². The first kappa shape index (κ1) is 15.8. The van der Waals surface area contributed by atoms with Crippen molar-refractivity contribution in [3.63, 3.8) is 0 Å². The maximum atomic E-state index is 10.4. The second-order valence-corrected chi connectivity index (χ2v) is 4.53. The van der Waals surface area contributed by atoms with Gasteiger partial charge in [-0.25, -0.2) is 9.59 Å². The van der Waals surface area contributed by atoms with Gasteiger partial charge in [-0.3, -0.25) is 0 Å². The normalized spacial score (nSPS) is 15.9. The summed E-state index contributed by atoms with van der Waals surface area (Å²) in [6, 6.07) is 6.99. The first-order valence-corrected chi connectivity index (χ1v) is 6.47. The third-order valence-electron chi connectivity index (χ3n) is 3.47. The standard InChI is InChI=1S/C16H14N2O4/c1-21-16(22-2)9-14(18-11-20)7-8-15(16)12-3-5-13(6-4-12)17-10-19/h3-8H,9H2,1-2H3. The van der Waals surface area contributed by atoms with E-state index >= 15 is 0 Å². The van der Waals surface area contributed by atoms with E-state index < -0.39 is 5.79 Å². The van der Waals surface area contributed by atoms with Gasteiger partial charge in [0.2, 0.25) is 17.9 Å². The van der Waals surface area contributed by atoms with Crippen LogP contribution in [0, 0.1) is 0 Å². The van der Waals surface area contributed by atoms with Gasteiger partial charge in [0.25, 0.3) is 0 Å². The Bertz CT molecular complexity index is 702. The van der Waals surface area contributed by atoms with Crippen LogP contribution in [0.4, 0.5) is 5.69 Å². The predicted molar refractivity (Wildman–Crippen MR) is 79.8 cm³/mol. The minimum absolute atomic E-state index is 0.287. The van der Waals surface area contributed by atoms with Crippen LogP contribution in [0.1, 0.15) is 12.0 Å². The van der Waals surface area contributed by atoms with Crippen LogP contribution in [0.3, 0.4) is 0 Å². The van der Waals surface area contributed by atoms with E-state index in [2.05, 4.69) is 9.98 Å². The van der Waals surface area contributed by atoms with Crippen molar-refractivity contribution >= 4 is 23.4 Å². The fourth-order valence-corrected chi connectivity index (χ4v) is 2.37. The van der Waals surface area contributed by atoms with Gasteiger partial charge in [0.1, 0.15) is 0 Å². The lowest BCUT2D eigenvalue weighted by atomic mass is 9.89. The predicted octanol–water partition coefficient (Wildman–Crippen LogP) is 2.65. The number of aliphatic imine (C=N–C) groups is 2. The lowest BCUT2D eigenvalue weighted by molar-refractivity contribution is -0.160. The Morgan fingerprint density at radius 2 is 1.64 bits per heavy atom. The number of allylic oxidation sites excluding steroid dienone is 2. The molecule has 6 nitrogen and oxygen atoms in total. The van der Waals surface area contributed by atoms with Crippen molar-refractivity contribution in [2.45, 2.75) is 12.2 Å². The summed E-state index contributed by atoms with van der Waals surface area (Å²) in [7, 11) is 3.05. The molecule has 0 unspecified atom stereocenters. The SMILES string of the molecule is COC1(OC)CC(N=C=O)=CC=C1c1ccc(N=C=O)cc1. The van der Waals surface area contributed by atoms with Crippen molar-refractivity contribution < 1.29 is 19.1 Å². The molecule has 0 atom stereocenters. The topological polar surface area (TPSA) is 77.3 Å². The molecule has 0 radical (unpaired) electrons. The molecule has 1 aliphatic rings. The number of benzene rings is 1. The van der Waals surface area contributed by atoms with Gasteiger partial charge in [0, 0.05) is 26.2 Å². The van der Waals surface area contributed by atoms with E-state index in [0.29, 0.717) is 11.4 Å². The summed E-state index contributed by atoms with van der Waals surface area (Å²) < 4.78 is 11.1. The van der Waals surface area contributed by atoms with Crippen molar-refractivity contribution in [3.8, 4) is 0 Å². The Morgan fingerprint density at radius 1 is 1.00 bits per heavy atom. The zero-order chi connectivity index (χ0) is 16.0. The van der Waals surface area contributed by atoms with Crippen molar-refractivity contribution in [2.24, 2.45) is 9.98 Å². The monoisotopic (exact) mass is 298 g/mol. The summed E-state index contributed by atoms with van der Waals surface area (Å²) >= 11 is 0. The average molecular weight is 298 g/mol. The quantitative estimate of drug-likeness (QED) is 0.475.